The van der Waals surface area contributed by atoms with Crippen molar-refractivity contribution in [3.8, 4) is 17.2 Å². The molecule has 2 aromatic rings. The summed E-state index contributed by atoms with van der Waals surface area (Å²) >= 11 is 4.73. The summed E-state index contributed by atoms with van der Waals surface area (Å²) in [5, 5.41) is 2.87. The molecule has 0 radical (unpaired) electrons. The van der Waals surface area contributed by atoms with Crippen LogP contribution in [0.4, 0.5) is 0 Å². The van der Waals surface area contributed by atoms with E-state index < -0.39 is 0 Å². The van der Waals surface area contributed by atoms with Crippen LogP contribution >= 0.6 is 27.3 Å². The number of carbonyl (C=O) groups excluding carboxylic acids is 1. The van der Waals surface area contributed by atoms with Crippen LogP contribution in [0.3, 0.4) is 0 Å². The Labute approximate surface area is 141 Å². The van der Waals surface area contributed by atoms with Gasteiger partial charge >= 0.3 is 0 Å². The standard InChI is InChI=1S/C15H16BrNO4S/c1-19-10-7-12(21-3)11(20-2)6-9(10)8-17-15(18)13-4-5-14(16)22-13/h4-7H,8H2,1-3H3,(H,17,18). The van der Waals surface area contributed by atoms with Gasteiger partial charge < -0.3 is 19.5 Å². The number of methoxy groups -OCH3 is 3. The summed E-state index contributed by atoms with van der Waals surface area (Å²) in [5.74, 6) is 1.67. The van der Waals surface area contributed by atoms with Crippen molar-refractivity contribution in [3.63, 3.8) is 0 Å². The third kappa shape index (κ3) is 3.72. The molecule has 7 heteroatoms. The Morgan fingerprint density at radius 3 is 2.27 bits per heavy atom. The third-order valence-corrected chi connectivity index (χ3v) is 4.65. The van der Waals surface area contributed by atoms with Gasteiger partial charge in [0.15, 0.2) is 11.5 Å². The second kappa shape index (κ2) is 7.51. The first-order chi connectivity index (χ1) is 10.6. The van der Waals surface area contributed by atoms with Gasteiger partial charge in [-0.2, -0.15) is 0 Å². The number of amides is 1. The normalized spacial score (nSPS) is 10.2. The van der Waals surface area contributed by atoms with Gasteiger partial charge in [-0.05, 0) is 34.1 Å². The topological polar surface area (TPSA) is 56.8 Å². The van der Waals surface area contributed by atoms with Crippen molar-refractivity contribution in [2.24, 2.45) is 0 Å². The average molecular weight is 386 g/mol. The van der Waals surface area contributed by atoms with E-state index in [0.29, 0.717) is 28.7 Å². The van der Waals surface area contributed by atoms with E-state index in [1.54, 1.807) is 39.5 Å². The molecule has 1 aromatic heterocycles. The lowest BCUT2D eigenvalue weighted by molar-refractivity contribution is 0.0954. The monoisotopic (exact) mass is 385 g/mol. The predicted octanol–water partition coefficient (Wildman–Crippen LogP) is 3.47. The molecular formula is C15H16BrNO4S. The van der Waals surface area contributed by atoms with E-state index in [1.807, 2.05) is 6.07 Å². The van der Waals surface area contributed by atoms with Crippen LogP contribution in [0.2, 0.25) is 0 Å². The largest absolute Gasteiger partial charge is 0.496 e. The molecule has 22 heavy (non-hydrogen) atoms. The minimum Gasteiger partial charge on any atom is -0.496 e. The summed E-state index contributed by atoms with van der Waals surface area (Å²) in [6.45, 7) is 0.331. The molecule has 118 valence electrons. The SMILES string of the molecule is COc1cc(OC)c(OC)cc1CNC(=O)c1ccc(Br)s1. The summed E-state index contributed by atoms with van der Waals surface area (Å²) in [7, 11) is 4.70. The molecule has 0 aliphatic carbocycles. The van der Waals surface area contributed by atoms with Crippen molar-refractivity contribution in [1.29, 1.82) is 0 Å². The van der Waals surface area contributed by atoms with E-state index in [2.05, 4.69) is 21.2 Å². The Morgan fingerprint density at radius 1 is 1.09 bits per heavy atom. The van der Waals surface area contributed by atoms with Crippen LogP contribution in [0.25, 0.3) is 0 Å². The summed E-state index contributed by atoms with van der Waals surface area (Å²) in [6.07, 6.45) is 0. The van der Waals surface area contributed by atoms with Gasteiger partial charge in [0.25, 0.3) is 5.91 Å². The molecule has 0 saturated carbocycles. The van der Waals surface area contributed by atoms with Crippen molar-refractivity contribution in [3.05, 3.63) is 38.5 Å². The van der Waals surface area contributed by atoms with Gasteiger partial charge in [-0.1, -0.05) is 0 Å². The van der Waals surface area contributed by atoms with Crippen molar-refractivity contribution in [2.75, 3.05) is 21.3 Å². The molecule has 0 fully saturated rings. The molecule has 0 bridgehead atoms. The van der Waals surface area contributed by atoms with Crippen LogP contribution in [0, 0.1) is 0 Å². The van der Waals surface area contributed by atoms with Crippen LogP contribution in [0.15, 0.2) is 28.1 Å². The van der Waals surface area contributed by atoms with Crippen molar-refractivity contribution in [2.45, 2.75) is 6.54 Å². The molecule has 0 aliphatic heterocycles. The van der Waals surface area contributed by atoms with Crippen LogP contribution in [-0.2, 0) is 6.54 Å². The van der Waals surface area contributed by atoms with Crippen LogP contribution in [0.5, 0.6) is 17.2 Å². The van der Waals surface area contributed by atoms with Crippen LogP contribution in [-0.4, -0.2) is 27.2 Å². The summed E-state index contributed by atoms with van der Waals surface area (Å²) in [6, 6.07) is 7.15. The number of nitrogens with one attached hydrogen (secondary N) is 1. The molecule has 0 aliphatic rings. The van der Waals surface area contributed by atoms with Crippen LogP contribution in [0.1, 0.15) is 15.2 Å². The fourth-order valence-electron chi connectivity index (χ4n) is 1.93. The summed E-state index contributed by atoms with van der Waals surface area (Å²) in [4.78, 5) is 12.7. The molecule has 0 saturated heterocycles. The molecule has 0 spiro atoms. The second-order valence-electron chi connectivity index (χ2n) is 4.31. The quantitative estimate of drug-likeness (QED) is 0.826. The lowest BCUT2D eigenvalue weighted by Crippen LogP contribution is -2.22. The maximum atomic E-state index is 12.1. The number of halogens is 1. The van der Waals surface area contributed by atoms with Gasteiger partial charge in [0.1, 0.15) is 5.75 Å². The van der Waals surface area contributed by atoms with Crippen molar-refractivity contribution in [1.82, 2.24) is 5.32 Å². The lowest BCUT2D eigenvalue weighted by atomic mass is 10.1. The van der Waals surface area contributed by atoms with E-state index in [-0.39, 0.29) is 5.91 Å². The zero-order valence-corrected chi connectivity index (χ0v) is 14.8. The highest BCUT2D eigenvalue weighted by Crippen LogP contribution is 2.34. The Morgan fingerprint density at radius 2 is 1.73 bits per heavy atom. The Hall–Kier alpha value is -1.73. The minimum atomic E-state index is -0.132. The number of hydrogen-bond acceptors (Lipinski definition) is 5. The first-order valence-electron chi connectivity index (χ1n) is 6.41. The predicted molar refractivity (Wildman–Crippen MR) is 89.3 cm³/mol. The molecular weight excluding hydrogens is 370 g/mol. The zero-order valence-electron chi connectivity index (χ0n) is 12.4. The number of carbonyl (C=O) groups is 1. The molecule has 1 aromatic carbocycles. The van der Waals surface area contributed by atoms with Crippen LogP contribution < -0.4 is 19.5 Å². The first-order valence-corrected chi connectivity index (χ1v) is 8.02. The number of rotatable bonds is 6. The van der Waals surface area contributed by atoms with E-state index in [4.69, 9.17) is 14.2 Å². The van der Waals surface area contributed by atoms with Gasteiger partial charge in [-0.3, -0.25) is 4.79 Å². The lowest BCUT2D eigenvalue weighted by Gasteiger charge is -2.14. The van der Waals surface area contributed by atoms with E-state index in [9.17, 15) is 4.79 Å². The number of thiophene rings is 1. The maximum absolute atomic E-state index is 12.1. The Balaban J connectivity index is 2.16. The minimum absolute atomic E-state index is 0.132. The molecule has 2 rings (SSSR count). The molecule has 5 nitrogen and oxygen atoms in total. The first kappa shape index (κ1) is 16.6. The second-order valence-corrected chi connectivity index (χ2v) is 6.77. The fourth-order valence-corrected chi connectivity index (χ4v) is 3.23. The van der Waals surface area contributed by atoms with E-state index in [0.717, 1.165) is 9.35 Å². The molecule has 0 unspecified atom stereocenters. The highest BCUT2D eigenvalue weighted by molar-refractivity contribution is 9.11. The Kier molecular flexibility index (Phi) is 5.68. The summed E-state index contributed by atoms with van der Waals surface area (Å²) in [5.41, 5.74) is 0.809. The maximum Gasteiger partial charge on any atom is 0.261 e. The number of ether oxygens (including phenoxy) is 3. The summed E-state index contributed by atoms with van der Waals surface area (Å²) < 4.78 is 16.8. The third-order valence-electron chi connectivity index (χ3n) is 3.02. The number of benzene rings is 1. The van der Waals surface area contributed by atoms with Gasteiger partial charge in [0, 0.05) is 18.2 Å². The van der Waals surface area contributed by atoms with Crippen molar-refractivity contribution >= 4 is 33.2 Å². The zero-order chi connectivity index (χ0) is 16.1. The van der Waals surface area contributed by atoms with E-state index >= 15 is 0 Å². The Bertz CT molecular complexity index is 672. The smallest absolute Gasteiger partial charge is 0.261 e. The molecule has 1 amide bonds. The fraction of sp³-hybridized carbons (Fsp3) is 0.267. The van der Waals surface area contributed by atoms with E-state index in [1.165, 1.54) is 11.3 Å². The highest BCUT2D eigenvalue weighted by Gasteiger charge is 2.14. The van der Waals surface area contributed by atoms with Gasteiger partial charge in [0.2, 0.25) is 0 Å². The molecule has 1 N–H and O–H groups in total. The highest BCUT2D eigenvalue weighted by atomic mass is 79.9. The van der Waals surface area contributed by atoms with Gasteiger partial charge in [-0.25, -0.2) is 0 Å². The molecule has 0 atom stereocenters. The molecule has 1 heterocycles. The van der Waals surface area contributed by atoms with Gasteiger partial charge in [0.05, 0.1) is 30.0 Å². The average Bonchev–Trinajstić information content (AvgIpc) is 2.98. The van der Waals surface area contributed by atoms with Crippen molar-refractivity contribution < 1.29 is 19.0 Å². The number of hydrogen-bond donors (Lipinski definition) is 1. The van der Waals surface area contributed by atoms with Gasteiger partial charge in [-0.15, -0.1) is 11.3 Å².